The first-order valence-electron chi connectivity index (χ1n) is 8.52. The van der Waals surface area contributed by atoms with Crippen LogP contribution in [-0.4, -0.2) is 50.3 Å². The summed E-state index contributed by atoms with van der Waals surface area (Å²) in [4.78, 5) is 26.6. The van der Waals surface area contributed by atoms with Crippen LogP contribution in [-0.2, 0) is 9.59 Å². The minimum absolute atomic E-state index is 0.0886. The van der Waals surface area contributed by atoms with Gasteiger partial charge in [-0.25, -0.2) is 5.43 Å². The van der Waals surface area contributed by atoms with Gasteiger partial charge >= 0.3 is 0 Å². The minimum Gasteiger partial charge on any atom is -0.355 e. The van der Waals surface area contributed by atoms with Crippen molar-refractivity contribution in [3.8, 4) is 10.6 Å². The van der Waals surface area contributed by atoms with Gasteiger partial charge in [0.2, 0.25) is 5.91 Å². The van der Waals surface area contributed by atoms with E-state index in [1.54, 1.807) is 4.90 Å². The third-order valence-corrected chi connectivity index (χ3v) is 5.37. The molecular weight excluding hydrogens is 356 g/mol. The summed E-state index contributed by atoms with van der Waals surface area (Å²) in [6.45, 7) is 3.10. The average molecular weight is 374 g/mol. The second-order valence-corrected chi connectivity index (χ2v) is 7.26. The van der Waals surface area contributed by atoms with Crippen molar-refractivity contribution in [2.75, 3.05) is 13.1 Å². The zero-order valence-electron chi connectivity index (χ0n) is 14.3. The maximum atomic E-state index is 12.7. The van der Waals surface area contributed by atoms with Crippen molar-refractivity contribution in [2.45, 2.75) is 38.5 Å². The average Bonchev–Trinajstić information content (AvgIpc) is 3.30. The first-order chi connectivity index (χ1) is 12.6. The van der Waals surface area contributed by atoms with E-state index in [2.05, 4.69) is 25.3 Å². The van der Waals surface area contributed by atoms with Crippen LogP contribution in [0.3, 0.4) is 0 Å². The van der Waals surface area contributed by atoms with E-state index in [0.29, 0.717) is 37.4 Å². The quantitative estimate of drug-likeness (QED) is 0.870. The molecule has 1 fully saturated rings. The number of nitrogens with one attached hydrogen (secondary N) is 1. The van der Waals surface area contributed by atoms with E-state index in [0.717, 1.165) is 29.1 Å². The molecule has 0 saturated carbocycles. The second kappa shape index (κ2) is 6.94. The molecule has 4 rings (SSSR count). The number of likely N-dealkylation sites (tertiary alicyclic amines) is 1. The zero-order valence-corrected chi connectivity index (χ0v) is 15.1. The predicted molar refractivity (Wildman–Crippen MR) is 93.5 cm³/mol. The van der Waals surface area contributed by atoms with E-state index >= 15 is 0 Å². The summed E-state index contributed by atoms with van der Waals surface area (Å²) in [5.41, 5.74) is 4.45. The maximum Gasteiger partial charge on any atom is 0.270 e. The van der Waals surface area contributed by atoms with Crippen LogP contribution in [0, 0.1) is 6.92 Å². The second-order valence-electron chi connectivity index (χ2n) is 6.50. The number of carbonyl (C=O) groups is 2. The summed E-state index contributed by atoms with van der Waals surface area (Å²) in [6.07, 6.45) is 2.49. The number of hydrazone groups is 1. The van der Waals surface area contributed by atoms with Gasteiger partial charge in [-0.3, -0.25) is 9.59 Å². The smallest absolute Gasteiger partial charge is 0.270 e. The highest BCUT2D eigenvalue weighted by Crippen LogP contribution is 2.35. The molecule has 1 saturated heterocycles. The molecule has 0 bridgehead atoms. The SMILES string of the molecule is Cc1cc(-c2snnc2[C@@H]2CCCN(C(=O)C3=NNC(=O)CC3)C2)on1. The predicted octanol–water partition coefficient (Wildman–Crippen LogP) is 1.47. The molecule has 1 atom stereocenters. The highest BCUT2D eigenvalue weighted by Gasteiger charge is 2.32. The number of aromatic nitrogens is 3. The van der Waals surface area contributed by atoms with Crippen molar-refractivity contribution >= 4 is 29.1 Å². The Morgan fingerprint density at radius 2 is 2.31 bits per heavy atom. The van der Waals surface area contributed by atoms with Gasteiger partial charge in [-0.2, -0.15) is 5.10 Å². The van der Waals surface area contributed by atoms with Crippen LogP contribution in [0.5, 0.6) is 0 Å². The molecule has 0 spiro atoms. The molecule has 26 heavy (non-hydrogen) atoms. The molecule has 136 valence electrons. The van der Waals surface area contributed by atoms with Crippen LogP contribution < -0.4 is 5.43 Å². The molecule has 2 aliphatic heterocycles. The van der Waals surface area contributed by atoms with Gasteiger partial charge in [0.25, 0.3) is 5.91 Å². The number of aryl methyl sites for hydroxylation is 1. The van der Waals surface area contributed by atoms with Gasteiger partial charge in [0.15, 0.2) is 5.76 Å². The molecule has 2 amide bonds. The number of rotatable bonds is 3. The Kier molecular flexibility index (Phi) is 4.49. The maximum absolute atomic E-state index is 12.7. The Bertz CT molecular complexity index is 873. The third-order valence-electron chi connectivity index (χ3n) is 4.61. The summed E-state index contributed by atoms with van der Waals surface area (Å²) in [5, 5.41) is 12.1. The Labute approximate surface area is 153 Å². The summed E-state index contributed by atoms with van der Waals surface area (Å²) in [6, 6.07) is 1.86. The Morgan fingerprint density at radius 1 is 1.42 bits per heavy atom. The number of carbonyl (C=O) groups excluding carboxylic acids is 2. The number of hydrogen-bond donors (Lipinski definition) is 1. The van der Waals surface area contributed by atoms with Crippen LogP contribution in [0.1, 0.15) is 43.0 Å². The molecule has 0 aromatic carbocycles. The van der Waals surface area contributed by atoms with E-state index in [4.69, 9.17) is 4.52 Å². The highest BCUT2D eigenvalue weighted by atomic mass is 32.1. The van der Waals surface area contributed by atoms with Gasteiger partial charge in [-0.1, -0.05) is 9.64 Å². The number of hydrogen-bond acceptors (Lipinski definition) is 8. The first-order valence-corrected chi connectivity index (χ1v) is 9.30. The fourth-order valence-electron chi connectivity index (χ4n) is 3.30. The van der Waals surface area contributed by atoms with Crippen LogP contribution in [0.25, 0.3) is 10.6 Å². The van der Waals surface area contributed by atoms with Crippen molar-refractivity contribution in [2.24, 2.45) is 5.10 Å². The van der Waals surface area contributed by atoms with Gasteiger partial charge in [0.1, 0.15) is 10.6 Å². The highest BCUT2D eigenvalue weighted by molar-refractivity contribution is 7.09. The molecule has 0 radical (unpaired) electrons. The Hall–Kier alpha value is -2.62. The lowest BCUT2D eigenvalue weighted by Crippen LogP contribution is -2.44. The molecule has 4 heterocycles. The standard InChI is InChI=1S/C16H18N6O3S/c1-9-7-12(25-20-9)15-14(19-21-26-15)10-3-2-6-22(8-10)16(24)11-4-5-13(23)18-17-11/h7,10H,2-6,8H2,1H3,(H,18,23)/t10-/m1/s1. The largest absolute Gasteiger partial charge is 0.355 e. The molecule has 1 N–H and O–H groups in total. The molecule has 2 aromatic rings. The molecule has 2 aliphatic rings. The Morgan fingerprint density at radius 3 is 3.04 bits per heavy atom. The fraction of sp³-hybridized carbons (Fsp3) is 0.500. The van der Waals surface area contributed by atoms with Gasteiger partial charge in [-0.05, 0) is 31.3 Å². The van der Waals surface area contributed by atoms with Crippen molar-refractivity contribution in [1.29, 1.82) is 0 Å². The third kappa shape index (κ3) is 3.24. The molecule has 2 aromatic heterocycles. The molecular formula is C16H18N6O3S. The van der Waals surface area contributed by atoms with Crippen molar-refractivity contribution in [3.63, 3.8) is 0 Å². The van der Waals surface area contributed by atoms with Crippen molar-refractivity contribution < 1.29 is 14.1 Å². The van der Waals surface area contributed by atoms with Crippen LogP contribution in [0.2, 0.25) is 0 Å². The summed E-state index contributed by atoms with van der Waals surface area (Å²) >= 11 is 1.28. The number of amides is 2. The molecule has 0 aliphatic carbocycles. The lowest BCUT2D eigenvalue weighted by atomic mass is 9.93. The fourth-order valence-corrected chi connectivity index (χ4v) is 4.00. The van der Waals surface area contributed by atoms with Gasteiger partial charge in [-0.15, -0.1) is 5.10 Å². The Balaban J connectivity index is 1.52. The molecule has 9 nitrogen and oxygen atoms in total. The minimum atomic E-state index is -0.154. The van der Waals surface area contributed by atoms with Crippen molar-refractivity contribution in [3.05, 3.63) is 17.5 Å². The topological polar surface area (TPSA) is 114 Å². The number of piperidine rings is 1. The van der Waals surface area contributed by atoms with Crippen LogP contribution in [0.15, 0.2) is 15.7 Å². The lowest BCUT2D eigenvalue weighted by molar-refractivity contribution is -0.125. The van der Waals surface area contributed by atoms with E-state index in [1.807, 2.05) is 13.0 Å². The summed E-state index contributed by atoms with van der Waals surface area (Å²) < 4.78 is 9.44. The van der Waals surface area contributed by atoms with Gasteiger partial charge in [0.05, 0.1) is 11.4 Å². The first kappa shape index (κ1) is 16.8. The van der Waals surface area contributed by atoms with E-state index in [1.165, 1.54) is 11.5 Å². The van der Waals surface area contributed by atoms with Crippen molar-refractivity contribution in [1.82, 2.24) is 25.1 Å². The lowest BCUT2D eigenvalue weighted by Gasteiger charge is -2.32. The van der Waals surface area contributed by atoms with E-state index in [-0.39, 0.29) is 17.7 Å². The van der Waals surface area contributed by atoms with Crippen LogP contribution >= 0.6 is 11.5 Å². The summed E-state index contributed by atoms with van der Waals surface area (Å²) in [7, 11) is 0. The zero-order chi connectivity index (χ0) is 18.1. The molecule has 0 unspecified atom stereocenters. The van der Waals surface area contributed by atoms with E-state index < -0.39 is 0 Å². The van der Waals surface area contributed by atoms with Gasteiger partial charge < -0.3 is 9.42 Å². The monoisotopic (exact) mass is 374 g/mol. The summed E-state index contributed by atoms with van der Waals surface area (Å²) in [5.74, 6) is 0.481. The van der Waals surface area contributed by atoms with Crippen LogP contribution in [0.4, 0.5) is 0 Å². The molecule has 10 heteroatoms. The normalized spacial score (nSPS) is 20.7. The van der Waals surface area contributed by atoms with E-state index in [9.17, 15) is 9.59 Å². The van der Waals surface area contributed by atoms with Gasteiger partial charge in [0, 0.05) is 37.9 Å². The number of nitrogens with zero attached hydrogens (tertiary/aromatic N) is 5.